The van der Waals surface area contributed by atoms with Crippen molar-refractivity contribution in [1.29, 1.82) is 0 Å². The van der Waals surface area contributed by atoms with Crippen molar-refractivity contribution in [2.45, 2.75) is 17.5 Å². The number of aromatic nitrogens is 3. The third kappa shape index (κ3) is 3.81. The zero-order valence-corrected chi connectivity index (χ0v) is 17.1. The van der Waals surface area contributed by atoms with Gasteiger partial charge in [0, 0.05) is 29.8 Å². The Morgan fingerprint density at radius 1 is 1.23 bits per heavy atom. The minimum absolute atomic E-state index is 0.0441. The number of allylic oxidation sites excluding steroid dienone is 1. The number of benzene rings is 2. The van der Waals surface area contributed by atoms with Crippen molar-refractivity contribution in [3.63, 3.8) is 0 Å². The van der Waals surface area contributed by atoms with E-state index < -0.39 is 5.63 Å². The average Bonchev–Trinajstić information content (AvgIpc) is 3.14. The molecule has 4 aromatic rings. The number of para-hydroxylation sites is 1. The highest BCUT2D eigenvalue weighted by molar-refractivity contribution is 7.98. The smallest absolute Gasteiger partial charge is 0.336 e. The summed E-state index contributed by atoms with van der Waals surface area (Å²) in [5.41, 5.74) is 1.51. The zero-order valence-electron chi connectivity index (χ0n) is 16.2. The first-order valence-corrected chi connectivity index (χ1v) is 10.2. The molecule has 0 atom stereocenters. The fourth-order valence-corrected chi connectivity index (χ4v) is 4.14. The van der Waals surface area contributed by atoms with Gasteiger partial charge in [-0.05, 0) is 29.8 Å². The summed E-state index contributed by atoms with van der Waals surface area (Å²) < 4.78 is 12.6. The summed E-state index contributed by atoms with van der Waals surface area (Å²) in [6.07, 6.45) is 1.78. The van der Waals surface area contributed by atoms with Crippen LogP contribution in [0.4, 0.5) is 0 Å². The zero-order chi connectivity index (χ0) is 21.1. The first-order valence-electron chi connectivity index (χ1n) is 9.16. The van der Waals surface area contributed by atoms with E-state index in [1.807, 2.05) is 28.8 Å². The molecule has 1 N–H and O–H groups in total. The molecule has 30 heavy (non-hydrogen) atoms. The fraction of sp³-hybridized carbons (Fsp3) is 0.136. The van der Waals surface area contributed by atoms with Crippen LogP contribution < -0.4 is 10.4 Å². The van der Waals surface area contributed by atoms with Gasteiger partial charge in [-0.2, -0.15) is 0 Å². The Balaban J connectivity index is 1.70. The van der Waals surface area contributed by atoms with Crippen molar-refractivity contribution in [2.75, 3.05) is 7.11 Å². The predicted molar refractivity (Wildman–Crippen MR) is 116 cm³/mol. The van der Waals surface area contributed by atoms with Gasteiger partial charge in [0.1, 0.15) is 17.1 Å². The predicted octanol–water partition coefficient (Wildman–Crippen LogP) is 4.24. The second-order valence-electron chi connectivity index (χ2n) is 6.47. The normalized spacial score (nSPS) is 11.0. The molecule has 0 spiro atoms. The van der Waals surface area contributed by atoms with Crippen LogP contribution in [0, 0.1) is 0 Å². The quantitative estimate of drug-likeness (QED) is 0.271. The van der Waals surface area contributed by atoms with Gasteiger partial charge in [0.15, 0.2) is 11.0 Å². The number of hydrogen-bond acceptors (Lipinski definition) is 7. The topological polar surface area (TPSA) is 90.4 Å². The second kappa shape index (κ2) is 8.46. The Morgan fingerprint density at radius 3 is 2.87 bits per heavy atom. The van der Waals surface area contributed by atoms with Gasteiger partial charge in [-0.25, -0.2) is 4.79 Å². The second-order valence-corrected chi connectivity index (χ2v) is 7.41. The average molecular weight is 421 g/mol. The maximum Gasteiger partial charge on any atom is 0.336 e. The van der Waals surface area contributed by atoms with Crippen molar-refractivity contribution < 1.29 is 14.3 Å². The van der Waals surface area contributed by atoms with Crippen LogP contribution in [0.2, 0.25) is 0 Å². The lowest BCUT2D eigenvalue weighted by atomic mass is 10.1. The van der Waals surface area contributed by atoms with Crippen molar-refractivity contribution in [3.05, 3.63) is 77.2 Å². The SMILES string of the molecule is C=CCn1c(SCc2cc(=O)oc3cc(O)ccc23)nnc1-c1ccccc1OC. The number of hydrogen-bond donors (Lipinski definition) is 1. The van der Waals surface area contributed by atoms with Crippen molar-refractivity contribution in [3.8, 4) is 22.9 Å². The highest BCUT2D eigenvalue weighted by atomic mass is 32.2. The number of thioether (sulfide) groups is 1. The molecule has 0 unspecified atom stereocenters. The first-order chi connectivity index (χ1) is 14.6. The molecule has 152 valence electrons. The van der Waals surface area contributed by atoms with E-state index in [0.29, 0.717) is 34.6 Å². The third-order valence-electron chi connectivity index (χ3n) is 4.55. The Morgan fingerprint density at radius 2 is 2.07 bits per heavy atom. The van der Waals surface area contributed by atoms with Crippen LogP contribution >= 0.6 is 11.8 Å². The Labute approximate surface area is 176 Å². The minimum atomic E-state index is -0.467. The highest BCUT2D eigenvalue weighted by Crippen LogP contribution is 2.33. The van der Waals surface area contributed by atoms with E-state index in [4.69, 9.17) is 9.15 Å². The molecule has 7 nitrogen and oxygen atoms in total. The number of phenolic OH excluding ortho intramolecular Hbond substituents is 1. The molecule has 0 aliphatic rings. The summed E-state index contributed by atoms with van der Waals surface area (Å²) in [7, 11) is 1.62. The van der Waals surface area contributed by atoms with E-state index in [-0.39, 0.29) is 5.75 Å². The summed E-state index contributed by atoms with van der Waals surface area (Å²) in [5.74, 6) is 1.91. The molecule has 2 aromatic carbocycles. The number of methoxy groups -OCH3 is 1. The Hall–Kier alpha value is -3.52. The summed E-state index contributed by atoms with van der Waals surface area (Å²) in [5, 5.41) is 19.8. The van der Waals surface area contributed by atoms with E-state index in [0.717, 1.165) is 16.5 Å². The van der Waals surface area contributed by atoms with Gasteiger partial charge in [0.05, 0.1) is 12.7 Å². The van der Waals surface area contributed by atoms with Gasteiger partial charge >= 0.3 is 5.63 Å². The van der Waals surface area contributed by atoms with Crippen LogP contribution in [0.3, 0.4) is 0 Å². The monoisotopic (exact) mass is 421 g/mol. The van der Waals surface area contributed by atoms with Gasteiger partial charge in [0.25, 0.3) is 0 Å². The summed E-state index contributed by atoms with van der Waals surface area (Å²) in [6.45, 7) is 4.36. The van der Waals surface area contributed by atoms with Crippen LogP contribution in [0.5, 0.6) is 11.5 Å². The first kappa shape index (κ1) is 19.8. The van der Waals surface area contributed by atoms with Crippen LogP contribution in [0.25, 0.3) is 22.4 Å². The maximum absolute atomic E-state index is 11.9. The van der Waals surface area contributed by atoms with Crippen molar-refractivity contribution in [2.24, 2.45) is 0 Å². The summed E-state index contributed by atoms with van der Waals surface area (Å²) in [6, 6.07) is 13.8. The molecule has 0 saturated carbocycles. The Bertz CT molecular complexity index is 1280. The molecular weight excluding hydrogens is 402 g/mol. The molecule has 8 heteroatoms. The number of fused-ring (bicyclic) bond motifs is 1. The van der Waals surface area contributed by atoms with Gasteiger partial charge in [-0.3, -0.25) is 4.57 Å². The number of ether oxygens (including phenoxy) is 1. The molecule has 0 amide bonds. The summed E-state index contributed by atoms with van der Waals surface area (Å²) >= 11 is 1.45. The number of aromatic hydroxyl groups is 1. The Kier molecular flexibility index (Phi) is 5.58. The number of phenols is 1. The third-order valence-corrected chi connectivity index (χ3v) is 5.56. The van der Waals surface area contributed by atoms with Crippen molar-refractivity contribution >= 4 is 22.7 Å². The van der Waals surface area contributed by atoms with Crippen LogP contribution in [0.15, 0.2) is 75.6 Å². The van der Waals surface area contributed by atoms with Gasteiger partial charge in [0.2, 0.25) is 0 Å². The van der Waals surface area contributed by atoms with E-state index >= 15 is 0 Å². The molecule has 0 radical (unpaired) electrons. The van der Waals surface area contributed by atoms with E-state index in [1.165, 1.54) is 23.9 Å². The molecule has 0 saturated heterocycles. The van der Waals surface area contributed by atoms with E-state index in [2.05, 4.69) is 16.8 Å². The van der Waals surface area contributed by atoms with Crippen molar-refractivity contribution in [1.82, 2.24) is 14.8 Å². The molecule has 2 aromatic heterocycles. The molecule has 4 rings (SSSR count). The van der Waals surface area contributed by atoms with Crippen LogP contribution in [-0.4, -0.2) is 27.0 Å². The highest BCUT2D eigenvalue weighted by Gasteiger charge is 2.17. The van der Waals surface area contributed by atoms with Gasteiger partial charge in [-0.1, -0.05) is 30.0 Å². The van der Waals surface area contributed by atoms with E-state index in [9.17, 15) is 9.90 Å². The standard InChI is InChI=1S/C22H19N3O4S/c1-3-10-25-21(17-6-4-5-7-18(17)28-2)23-24-22(25)30-13-14-11-20(27)29-19-12-15(26)8-9-16(14)19/h3-9,11-12,26H,1,10,13H2,2H3. The maximum atomic E-state index is 11.9. The van der Waals surface area contributed by atoms with Crippen LogP contribution in [0.1, 0.15) is 5.56 Å². The van der Waals surface area contributed by atoms with Gasteiger partial charge < -0.3 is 14.3 Å². The summed E-state index contributed by atoms with van der Waals surface area (Å²) in [4.78, 5) is 11.9. The van der Waals surface area contributed by atoms with E-state index in [1.54, 1.807) is 25.3 Å². The molecule has 0 aliphatic carbocycles. The molecule has 2 heterocycles. The van der Waals surface area contributed by atoms with Crippen LogP contribution in [-0.2, 0) is 12.3 Å². The lowest BCUT2D eigenvalue weighted by Gasteiger charge is -2.11. The number of nitrogens with zero attached hydrogens (tertiary/aromatic N) is 3. The molecule has 0 bridgehead atoms. The largest absolute Gasteiger partial charge is 0.508 e. The minimum Gasteiger partial charge on any atom is -0.508 e. The molecule has 0 fully saturated rings. The number of rotatable bonds is 7. The molecular formula is C22H19N3O4S. The lowest BCUT2D eigenvalue weighted by molar-refractivity contribution is 0.416. The fourth-order valence-electron chi connectivity index (χ4n) is 3.20. The van der Waals surface area contributed by atoms with Gasteiger partial charge in [-0.15, -0.1) is 16.8 Å². The molecule has 0 aliphatic heterocycles. The lowest BCUT2D eigenvalue weighted by Crippen LogP contribution is -2.03.